The molecule has 27 heavy (non-hydrogen) atoms. The minimum absolute atomic E-state index is 0.211. The predicted molar refractivity (Wildman–Crippen MR) is 107 cm³/mol. The molecule has 0 bridgehead atoms. The molecular formula is C20H16Cl2N2O3. The van der Waals surface area contributed by atoms with Crippen LogP contribution in [0.4, 0.5) is 0 Å². The summed E-state index contributed by atoms with van der Waals surface area (Å²) >= 11 is 12.2. The molecule has 1 N–H and O–H groups in total. The number of nitrogens with zero attached hydrogens (tertiary/aromatic N) is 1. The fourth-order valence-corrected chi connectivity index (χ4v) is 2.79. The van der Waals surface area contributed by atoms with Gasteiger partial charge in [-0.3, -0.25) is 4.79 Å². The number of hydrogen-bond acceptors (Lipinski definition) is 4. The Hall–Kier alpha value is -2.76. The lowest BCUT2D eigenvalue weighted by Gasteiger charge is -2.02. The topological polar surface area (TPSA) is 63.8 Å². The minimum atomic E-state index is -0.235. The molecule has 0 spiro atoms. The zero-order valence-electron chi connectivity index (χ0n) is 14.4. The van der Waals surface area contributed by atoms with Gasteiger partial charge in [-0.05, 0) is 42.0 Å². The molecule has 0 unspecified atom stereocenters. The molecule has 5 nitrogen and oxygen atoms in total. The van der Waals surface area contributed by atoms with Crippen molar-refractivity contribution in [2.75, 3.05) is 7.11 Å². The lowest BCUT2D eigenvalue weighted by Crippen LogP contribution is -2.19. The van der Waals surface area contributed by atoms with Crippen molar-refractivity contribution in [1.82, 2.24) is 5.43 Å². The Balaban J connectivity index is 1.59. The Morgan fingerprint density at radius 2 is 1.93 bits per heavy atom. The van der Waals surface area contributed by atoms with Gasteiger partial charge in [0.2, 0.25) is 5.91 Å². The van der Waals surface area contributed by atoms with E-state index in [1.54, 1.807) is 43.5 Å². The maximum absolute atomic E-state index is 11.9. The van der Waals surface area contributed by atoms with Crippen LogP contribution in [0.25, 0.3) is 11.3 Å². The number of hydrazone groups is 1. The van der Waals surface area contributed by atoms with Crippen molar-refractivity contribution in [3.05, 3.63) is 76.0 Å². The van der Waals surface area contributed by atoms with Gasteiger partial charge in [0, 0.05) is 5.56 Å². The van der Waals surface area contributed by atoms with Crippen molar-refractivity contribution in [2.24, 2.45) is 5.10 Å². The highest BCUT2D eigenvalue weighted by Crippen LogP contribution is 2.34. The van der Waals surface area contributed by atoms with Gasteiger partial charge in [-0.1, -0.05) is 41.4 Å². The summed E-state index contributed by atoms with van der Waals surface area (Å²) in [5.41, 5.74) is 4.02. The van der Waals surface area contributed by atoms with Crippen molar-refractivity contribution in [2.45, 2.75) is 6.42 Å². The first kappa shape index (κ1) is 19.0. The van der Waals surface area contributed by atoms with Crippen LogP contribution in [0.15, 0.2) is 64.1 Å². The van der Waals surface area contributed by atoms with Gasteiger partial charge in [0.15, 0.2) is 0 Å². The standard InChI is InChI=1S/C20H16Cl2N2O3/c1-26-14-7-5-13(6-8-14)11-19(25)24-23-12-15-9-10-18(27-15)16-3-2-4-17(21)20(16)22/h2-10,12H,11H2,1H3,(H,24,25)/b23-12-. The summed E-state index contributed by atoms with van der Waals surface area (Å²) in [7, 11) is 1.59. The number of rotatable bonds is 6. The summed E-state index contributed by atoms with van der Waals surface area (Å²) in [5.74, 6) is 1.55. The fraction of sp³-hybridized carbons (Fsp3) is 0.100. The van der Waals surface area contributed by atoms with E-state index in [1.165, 1.54) is 6.21 Å². The Morgan fingerprint density at radius 3 is 2.67 bits per heavy atom. The number of carbonyl (C=O) groups excluding carboxylic acids is 1. The van der Waals surface area contributed by atoms with Gasteiger partial charge < -0.3 is 9.15 Å². The molecule has 1 aromatic heterocycles. The highest BCUT2D eigenvalue weighted by Gasteiger charge is 2.10. The average molecular weight is 403 g/mol. The first-order valence-electron chi connectivity index (χ1n) is 8.06. The molecule has 3 aromatic rings. The molecule has 0 aliphatic heterocycles. The Labute approximate surface area is 166 Å². The zero-order valence-corrected chi connectivity index (χ0v) is 15.9. The molecule has 7 heteroatoms. The molecule has 1 heterocycles. The van der Waals surface area contributed by atoms with E-state index < -0.39 is 0 Å². The SMILES string of the molecule is COc1ccc(CC(=O)N/N=C\c2ccc(-c3cccc(Cl)c3Cl)o2)cc1. The molecule has 0 aliphatic carbocycles. The second kappa shape index (κ2) is 8.75. The quantitative estimate of drug-likeness (QED) is 0.468. The highest BCUT2D eigenvalue weighted by molar-refractivity contribution is 6.43. The van der Waals surface area contributed by atoms with Crippen LogP contribution >= 0.6 is 23.2 Å². The normalized spacial score (nSPS) is 10.9. The fourth-order valence-electron chi connectivity index (χ4n) is 2.40. The number of carbonyl (C=O) groups is 1. The molecule has 1 amide bonds. The number of ether oxygens (including phenoxy) is 1. The number of benzene rings is 2. The van der Waals surface area contributed by atoms with Crippen LogP contribution in [-0.4, -0.2) is 19.2 Å². The number of hydrogen-bond donors (Lipinski definition) is 1. The van der Waals surface area contributed by atoms with Crippen LogP contribution in [0.5, 0.6) is 5.75 Å². The summed E-state index contributed by atoms with van der Waals surface area (Å²) in [6.45, 7) is 0. The number of furan rings is 1. The van der Waals surface area contributed by atoms with Gasteiger partial charge in [0.1, 0.15) is 17.3 Å². The maximum Gasteiger partial charge on any atom is 0.244 e. The van der Waals surface area contributed by atoms with Crippen molar-refractivity contribution < 1.29 is 13.9 Å². The van der Waals surface area contributed by atoms with Crippen LogP contribution in [0.3, 0.4) is 0 Å². The second-order valence-corrected chi connectivity index (χ2v) is 6.41. The Kier molecular flexibility index (Phi) is 6.16. The molecule has 138 valence electrons. The Bertz CT molecular complexity index is 966. The third-order valence-corrected chi connectivity index (χ3v) is 4.57. The monoisotopic (exact) mass is 402 g/mol. The van der Waals surface area contributed by atoms with E-state index in [0.29, 0.717) is 27.1 Å². The molecular weight excluding hydrogens is 387 g/mol. The zero-order chi connectivity index (χ0) is 19.2. The van der Waals surface area contributed by atoms with E-state index >= 15 is 0 Å². The summed E-state index contributed by atoms with van der Waals surface area (Å²) < 4.78 is 10.8. The smallest absolute Gasteiger partial charge is 0.244 e. The van der Waals surface area contributed by atoms with Crippen LogP contribution in [0, 0.1) is 0 Å². The lowest BCUT2D eigenvalue weighted by atomic mass is 10.1. The van der Waals surface area contributed by atoms with E-state index in [-0.39, 0.29) is 12.3 Å². The van der Waals surface area contributed by atoms with Crippen LogP contribution < -0.4 is 10.2 Å². The van der Waals surface area contributed by atoms with E-state index in [4.69, 9.17) is 32.4 Å². The number of halogens is 2. The van der Waals surface area contributed by atoms with Crippen LogP contribution in [-0.2, 0) is 11.2 Å². The molecule has 0 atom stereocenters. The summed E-state index contributed by atoms with van der Waals surface area (Å²) in [6, 6.07) is 16.1. The van der Waals surface area contributed by atoms with Crippen molar-refractivity contribution in [3.8, 4) is 17.1 Å². The first-order valence-corrected chi connectivity index (χ1v) is 8.81. The van der Waals surface area contributed by atoms with E-state index in [1.807, 2.05) is 18.2 Å². The average Bonchev–Trinajstić information content (AvgIpc) is 3.13. The second-order valence-electron chi connectivity index (χ2n) is 5.62. The van der Waals surface area contributed by atoms with Gasteiger partial charge >= 0.3 is 0 Å². The molecule has 0 saturated heterocycles. The van der Waals surface area contributed by atoms with Crippen molar-refractivity contribution in [3.63, 3.8) is 0 Å². The molecule has 3 rings (SSSR count). The number of nitrogens with one attached hydrogen (secondary N) is 1. The third-order valence-electron chi connectivity index (χ3n) is 3.75. The lowest BCUT2D eigenvalue weighted by molar-refractivity contribution is -0.120. The van der Waals surface area contributed by atoms with Crippen LogP contribution in [0.2, 0.25) is 10.0 Å². The first-order chi connectivity index (χ1) is 13.1. The number of methoxy groups -OCH3 is 1. The van der Waals surface area contributed by atoms with E-state index in [0.717, 1.165) is 11.3 Å². The van der Waals surface area contributed by atoms with Gasteiger partial charge in [0.05, 0.1) is 29.8 Å². The minimum Gasteiger partial charge on any atom is -0.497 e. The summed E-state index contributed by atoms with van der Waals surface area (Å²) in [5, 5.41) is 4.79. The molecule has 0 aliphatic rings. The van der Waals surface area contributed by atoms with Gasteiger partial charge in [-0.25, -0.2) is 5.43 Å². The van der Waals surface area contributed by atoms with Gasteiger partial charge in [-0.2, -0.15) is 5.10 Å². The third kappa shape index (κ3) is 4.90. The number of amides is 1. The predicted octanol–water partition coefficient (Wildman–Crippen LogP) is 4.95. The van der Waals surface area contributed by atoms with E-state index in [2.05, 4.69) is 10.5 Å². The molecule has 0 saturated carbocycles. The maximum atomic E-state index is 11.9. The Morgan fingerprint density at radius 1 is 1.15 bits per heavy atom. The van der Waals surface area contributed by atoms with E-state index in [9.17, 15) is 4.79 Å². The molecule has 2 aromatic carbocycles. The van der Waals surface area contributed by atoms with Gasteiger partial charge in [0.25, 0.3) is 0 Å². The molecule has 0 fully saturated rings. The van der Waals surface area contributed by atoms with Crippen LogP contribution in [0.1, 0.15) is 11.3 Å². The summed E-state index contributed by atoms with van der Waals surface area (Å²) in [6.07, 6.45) is 1.64. The molecule has 0 radical (unpaired) electrons. The summed E-state index contributed by atoms with van der Waals surface area (Å²) in [4.78, 5) is 11.9. The van der Waals surface area contributed by atoms with Gasteiger partial charge in [-0.15, -0.1) is 0 Å². The highest BCUT2D eigenvalue weighted by atomic mass is 35.5. The van der Waals surface area contributed by atoms with Crippen molar-refractivity contribution >= 4 is 35.3 Å². The largest absolute Gasteiger partial charge is 0.497 e. The van der Waals surface area contributed by atoms with Crippen molar-refractivity contribution in [1.29, 1.82) is 0 Å².